The average molecular weight is 403 g/mol. The first kappa shape index (κ1) is 19.8. The molecule has 7 heteroatoms. The second kappa shape index (κ2) is 7.11. The number of rotatable bonds is 4. The topological polar surface area (TPSA) is 95.8 Å². The van der Waals surface area contributed by atoms with Gasteiger partial charge in [0.15, 0.2) is 5.82 Å². The Morgan fingerprint density at radius 2 is 1.87 bits per heavy atom. The number of aromatic amines is 1. The molecule has 0 aliphatic heterocycles. The Morgan fingerprint density at radius 3 is 2.57 bits per heavy atom. The minimum atomic E-state index is -1.00. The summed E-state index contributed by atoms with van der Waals surface area (Å²) in [5.41, 5.74) is 4.55. The molecular formula is C23H25N5O2. The number of aryl methyl sites for hydroxylation is 3. The molecule has 7 nitrogen and oxygen atoms in total. The van der Waals surface area contributed by atoms with E-state index in [1.807, 2.05) is 44.2 Å². The van der Waals surface area contributed by atoms with Crippen molar-refractivity contribution in [3.8, 4) is 11.1 Å². The van der Waals surface area contributed by atoms with Crippen LogP contribution in [0.4, 0.5) is 11.5 Å². The lowest BCUT2D eigenvalue weighted by molar-refractivity contribution is 0.0738. The summed E-state index contributed by atoms with van der Waals surface area (Å²) >= 11 is 0. The predicted octanol–water partition coefficient (Wildman–Crippen LogP) is 3.91. The zero-order chi connectivity index (χ0) is 21.6. The largest absolute Gasteiger partial charge is 0.384 e. The van der Waals surface area contributed by atoms with Gasteiger partial charge < -0.3 is 15.0 Å². The molecule has 0 radical (unpaired) electrons. The lowest BCUT2D eigenvalue weighted by Crippen LogP contribution is -2.19. The van der Waals surface area contributed by atoms with Gasteiger partial charge in [-0.25, -0.2) is 0 Å². The van der Waals surface area contributed by atoms with Gasteiger partial charge in [-0.15, -0.1) is 0 Å². The number of pyridine rings is 2. The van der Waals surface area contributed by atoms with Crippen LogP contribution < -0.4 is 10.9 Å². The molecule has 30 heavy (non-hydrogen) atoms. The highest BCUT2D eigenvalue weighted by Crippen LogP contribution is 2.28. The summed E-state index contributed by atoms with van der Waals surface area (Å²) in [6, 6.07) is 11.4. The summed E-state index contributed by atoms with van der Waals surface area (Å²) in [6.45, 7) is 7.28. The minimum absolute atomic E-state index is 0.0579. The van der Waals surface area contributed by atoms with Gasteiger partial charge in [0.2, 0.25) is 0 Å². The summed E-state index contributed by atoms with van der Waals surface area (Å²) in [5, 5.41) is 21.3. The van der Waals surface area contributed by atoms with Gasteiger partial charge in [-0.1, -0.05) is 6.07 Å². The highest BCUT2D eigenvalue weighted by atomic mass is 16.3. The molecule has 3 aromatic heterocycles. The van der Waals surface area contributed by atoms with Crippen molar-refractivity contribution in [1.29, 1.82) is 0 Å². The van der Waals surface area contributed by atoms with Gasteiger partial charge in [-0.05, 0) is 63.1 Å². The molecule has 0 bridgehead atoms. The van der Waals surface area contributed by atoms with Gasteiger partial charge in [0.25, 0.3) is 5.56 Å². The molecular weight excluding hydrogens is 378 g/mol. The molecule has 0 spiro atoms. The zero-order valence-corrected chi connectivity index (χ0v) is 17.7. The number of benzene rings is 1. The van der Waals surface area contributed by atoms with Crippen LogP contribution in [-0.4, -0.2) is 24.9 Å². The van der Waals surface area contributed by atoms with Crippen molar-refractivity contribution in [3.05, 3.63) is 69.9 Å². The summed E-state index contributed by atoms with van der Waals surface area (Å²) in [4.78, 5) is 17.5. The summed E-state index contributed by atoms with van der Waals surface area (Å²) < 4.78 is 1.67. The van der Waals surface area contributed by atoms with E-state index < -0.39 is 5.60 Å². The van der Waals surface area contributed by atoms with E-state index >= 15 is 0 Å². The second-order valence-electron chi connectivity index (χ2n) is 8.19. The fraction of sp³-hybridized carbons (Fsp3) is 0.261. The van der Waals surface area contributed by atoms with Crippen LogP contribution in [0.15, 0.2) is 47.4 Å². The number of anilines is 2. The minimum Gasteiger partial charge on any atom is -0.384 e. The Balaban J connectivity index is 1.77. The van der Waals surface area contributed by atoms with Crippen LogP contribution in [0.1, 0.15) is 30.8 Å². The van der Waals surface area contributed by atoms with E-state index in [-0.39, 0.29) is 5.56 Å². The van der Waals surface area contributed by atoms with Crippen molar-refractivity contribution in [2.24, 2.45) is 7.05 Å². The van der Waals surface area contributed by atoms with Gasteiger partial charge >= 0.3 is 0 Å². The van der Waals surface area contributed by atoms with E-state index in [1.165, 1.54) is 0 Å². The molecule has 154 valence electrons. The predicted molar refractivity (Wildman–Crippen MR) is 119 cm³/mol. The highest BCUT2D eigenvalue weighted by molar-refractivity contribution is 5.85. The third-order valence-corrected chi connectivity index (χ3v) is 5.28. The number of hydrogen-bond donors (Lipinski definition) is 3. The maximum Gasteiger partial charge on any atom is 0.258 e. The molecule has 0 aliphatic rings. The van der Waals surface area contributed by atoms with Gasteiger partial charge in [-0.2, -0.15) is 5.10 Å². The summed E-state index contributed by atoms with van der Waals surface area (Å²) in [5.74, 6) is 0.591. The molecule has 3 heterocycles. The van der Waals surface area contributed by atoms with Crippen molar-refractivity contribution in [3.63, 3.8) is 0 Å². The van der Waals surface area contributed by atoms with E-state index in [9.17, 15) is 9.90 Å². The second-order valence-corrected chi connectivity index (χ2v) is 8.19. The van der Waals surface area contributed by atoms with Gasteiger partial charge in [0.1, 0.15) is 5.60 Å². The zero-order valence-electron chi connectivity index (χ0n) is 17.7. The van der Waals surface area contributed by atoms with Crippen molar-refractivity contribution >= 4 is 22.4 Å². The number of nitrogens with one attached hydrogen (secondary N) is 2. The first-order valence-electron chi connectivity index (χ1n) is 9.76. The Morgan fingerprint density at radius 1 is 1.10 bits per heavy atom. The molecule has 0 amide bonds. The molecule has 0 saturated carbocycles. The SMILES string of the molecule is Cc1cc2c(cn1)cc(-c1cc(Nc3cc(C(C)(C)O)[nH]n3)ccc1C)c(=O)n2C. The summed E-state index contributed by atoms with van der Waals surface area (Å²) in [6.07, 6.45) is 1.80. The van der Waals surface area contributed by atoms with Crippen LogP contribution in [-0.2, 0) is 12.6 Å². The number of aromatic nitrogens is 4. The van der Waals surface area contributed by atoms with E-state index in [4.69, 9.17) is 0 Å². The van der Waals surface area contributed by atoms with Crippen LogP contribution in [0.5, 0.6) is 0 Å². The number of nitrogens with zero attached hydrogens (tertiary/aromatic N) is 3. The molecule has 0 saturated heterocycles. The normalized spacial score (nSPS) is 11.8. The highest BCUT2D eigenvalue weighted by Gasteiger charge is 2.19. The lowest BCUT2D eigenvalue weighted by Gasteiger charge is -2.14. The standard InChI is InChI=1S/C23H25N5O2/c1-13-6-7-16(25-21-11-20(26-27-21)23(3,4)30)10-17(13)18-9-15-12-24-14(2)8-19(15)28(5)22(18)29/h6-12,30H,1-5H3,(H2,25,26,27). The fourth-order valence-electron chi connectivity index (χ4n) is 3.49. The van der Waals surface area contributed by atoms with E-state index in [0.29, 0.717) is 17.1 Å². The monoisotopic (exact) mass is 403 g/mol. The molecule has 0 unspecified atom stereocenters. The number of H-pyrrole nitrogens is 1. The molecule has 0 atom stereocenters. The van der Waals surface area contributed by atoms with Crippen molar-refractivity contribution in [1.82, 2.24) is 19.7 Å². The van der Waals surface area contributed by atoms with Crippen molar-refractivity contribution in [2.45, 2.75) is 33.3 Å². The molecule has 0 aliphatic carbocycles. The van der Waals surface area contributed by atoms with Crippen LogP contribution in [0, 0.1) is 13.8 Å². The van der Waals surface area contributed by atoms with Crippen LogP contribution in [0.25, 0.3) is 22.0 Å². The quantitative estimate of drug-likeness (QED) is 0.480. The first-order valence-corrected chi connectivity index (χ1v) is 9.76. The first-order chi connectivity index (χ1) is 14.1. The molecule has 0 fully saturated rings. The Labute approximate surface area is 174 Å². The Kier molecular flexibility index (Phi) is 4.70. The van der Waals surface area contributed by atoms with Crippen LogP contribution in [0.3, 0.4) is 0 Å². The summed E-state index contributed by atoms with van der Waals surface area (Å²) in [7, 11) is 1.78. The number of fused-ring (bicyclic) bond motifs is 1. The average Bonchev–Trinajstić information content (AvgIpc) is 3.16. The maximum absolute atomic E-state index is 13.1. The Hall–Kier alpha value is -3.45. The van der Waals surface area contributed by atoms with Crippen molar-refractivity contribution in [2.75, 3.05) is 5.32 Å². The van der Waals surface area contributed by atoms with Crippen LogP contribution >= 0.6 is 0 Å². The van der Waals surface area contributed by atoms with E-state index in [0.717, 1.165) is 33.4 Å². The molecule has 4 aromatic rings. The maximum atomic E-state index is 13.1. The third kappa shape index (κ3) is 3.59. The molecule has 4 rings (SSSR count). The van der Waals surface area contributed by atoms with Gasteiger partial charge in [-0.3, -0.25) is 14.9 Å². The van der Waals surface area contributed by atoms with Gasteiger partial charge in [0, 0.05) is 41.6 Å². The third-order valence-electron chi connectivity index (χ3n) is 5.28. The van der Waals surface area contributed by atoms with Crippen molar-refractivity contribution < 1.29 is 5.11 Å². The van der Waals surface area contributed by atoms with E-state index in [2.05, 4.69) is 20.5 Å². The fourth-order valence-corrected chi connectivity index (χ4v) is 3.49. The molecule has 1 aromatic carbocycles. The van der Waals surface area contributed by atoms with E-state index in [1.54, 1.807) is 37.7 Å². The smallest absolute Gasteiger partial charge is 0.258 e. The Bertz CT molecular complexity index is 1310. The lowest BCUT2D eigenvalue weighted by atomic mass is 9.99. The number of aliphatic hydroxyl groups is 1. The van der Waals surface area contributed by atoms with Gasteiger partial charge in [0.05, 0.1) is 11.2 Å². The number of hydrogen-bond acceptors (Lipinski definition) is 5. The molecule has 3 N–H and O–H groups in total. The van der Waals surface area contributed by atoms with Crippen LogP contribution in [0.2, 0.25) is 0 Å².